The number of esters is 1. The third-order valence-corrected chi connectivity index (χ3v) is 2.07. The summed E-state index contributed by atoms with van der Waals surface area (Å²) in [4.78, 5) is 11.3. The van der Waals surface area contributed by atoms with Crippen molar-refractivity contribution in [3.8, 4) is 5.75 Å². The van der Waals surface area contributed by atoms with E-state index in [1.165, 1.54) is 13.2 Å². The van der Waals surface area contributed by atoms with Crippen molar-refractivity contribution in [3.63, 3.8) is 0 Å². The summed E-state index contributed by atoms with van der Waals surface area (Å²) in [5, 5.41) is 9.46. The van der Waals surface area contributed by atoms with Crippen LogP contribution in [-0.2, 0) is 4.74 Å². The first-order valence-electron chi connectivity index (χ1n) is 4.97. The summed E-state index contributed by atoms with van der Waals surface area (Å²) in [6.07, 6.45) is 4.53. The summed E-state index contributed by atoms with van der Waals surface area (Å²) in [5.74, 6) is -0.630. The molecule has 0 saturated carbocycles. The van der Waals surface area contributed by atoms with Gasteiger partial charge in [0.25, 0.3) is 0 Å². The molecular weight excluding hydrogens is 206 g/mol. The van der Waals surface area contributed by atoms with Gasteiger partial charge in [0.2, 0.25) is 0 Å². The third-order valence-electron chi connectivity index (χ3n) is 2.07. The van der Waals surface area contributed by atoms with Gasteiger partial charge in [-0.3, -0.25) is 0 Å². The predicted molar refractivity (Wildman–Crippen MR) is 62.2 cm³/mol. The average Bonchev–Trinajstić information content (AvgIpc) is 2.30. The van der Waals surface area contributed by atoms with Gasteiger partial charge in [-0.2, -0.15) is 0 Å². The van der Waals surface area contributed by atoms with Gasteiger partial charge < -0.3 is 15.6 Å². The molecule has 0 aromatic heterocycles. The highest BCUT2D eigenvalue weighted by Crippen LogP contribution is 2.20. The van der Waals surface area contributed by atoms with Crippen LogP contribution in [0.15, 0.2) is 24.3 Å². The summed E-state index contributed by atoms with van der Waals surface area (Å²) in [7, 11) is 1.28. The van der Waals surface area contributed by atoms with Crippen molar-refractivity contribution < 1.29 is 14.6 Å². The first-order chi connectivity index (χ1) is 7.69. The molecule has 0 amide bonds. The fraction of sp³-hybridized carbons (Fsp3) is 0.250. The molecule has 0 aliphatic carbocycles. The molecule has 0 atom stereocenters. The number of phenols is 1. The number of carbonyl (C=O) groups is 1. The molecule has 0 radical (unpaired) electrons. The second-order valence-corrected chi connectivity index (χ2v) is 3.25. The molecule has 86 valence electrons. The number of nitrogens with two attached hydrogens (primary N) is 1. The molecule has 3 N–H and O–H groups in total. The number of aromatic hydroxyl groups is 1. The average molecular weight is 221 g/mol. The number of carbonyl (C=O) groups excluding carboxylic acids is 1. The lowest BCUT2D eigenvalue weighted by Gasteiger charge is -2.03. The number of rotatable bonds is 4. The monoisotopic (exact) mass is 221 g/mol. The quantitative estimate of drug-likeness (QED) is 0.756. The Labute approximate surface area is 94.3 Å². The zero-order valence-corrected chi connectivity index (χ0v) is 9.14. The van der Waals surface area contributed by atoms with Gasteiger partial charge in [-0.15, -0.1) is 0 Å². The fourth-order valence-corrected chi connectivity index (χ4v) is 1.25. The van der Waals surface area contributed by atoms with Crippen LogP contribution in [0.2, 0.25) is 0 Å². The number of hydrogen-bond donors (Lipinski definition) is 2. The Kier molecular flexibility index (Phi) is 4.54. The Bertz CT molecular complexity index is 399. The smallest absolute Gasteiger partial charge is 0.341 e. The van der Waals surface area contributed by atoms with E-state index in [0.29, 0.717) is 6.54 Å². The van der Waals surface area contributed by atoms with E-state index in [4.69, 9.17) is 5.73 Å². The Morgan fingerprint density at radius 1 is 1.56 bits per heavy atom. The van der Waals surface area contributed by atoms with E-state index >= 15 is 0 Å². The van der Waals surface area contributed by atoms with Crippen LogP contribution in [0.4, 0.5) is 0 Å². The molecular formula is C12H15NO3. The number of methoxy groups -OCH3 is 1. The largest absolute Gasteiger partial charge is 0.507 e. The van der Waals surface area contributed by atoms with Gasteiger partial charge in [-0.05, 0) is 30.7 Å². The van der Waals surface area contributed by atoms with Crippen molar-refractivity contribution >= 4 is 12.0 Å². The molecule has 4 heteroatoms. The van der Waals surface area contributed by atoms with Gasteiger partial charge >= 0.3 is 5.97 Å². The first-order valence-corrected chi connectivity index (χ1v) is 4.97. The van der Waals surface area contributed by atoms with E-state index in [1.807, 2.05) is 12.2 Å². The van der Waals surface area contributed by atoms with E-state index in [0.717, 1.165) is 12.0 Å². The zero-order chi connectivity index (χ0) is 12.0. The van der Waals surface area contributed by atoms with Gasteiger partial charge in [0.1, 0.15) is 11.3 Å². The summed E-state index contributed by atoms with van der Waals surface area (Å²) in [6, 6.07) is 4.76. The topological polar surface area (TPSA) is 72.5 Å². The summed E-state index contributed by atoms with van der Waals surface area (Å²) < 4.78 is 4.55. The number of benzene rings is 1. The highest BCUT2D eigenvalue weighted by Gasteiger charge is 2.10. The van der Waals surface area contributed by atoms with E-state index < -0.39 is 5.97 Å². The van der Waals surface area contributed by atoms with Crippen molar-refractivity contribution in [2.45, 2.75) is 6.42 Å². The van der Waals surface area contributed by atoms with Crippen molar-refractivity contribution in [1.29, 1.82) is 0 Å². The molecule has 0 saturated heterocycles. The van der Waals surface area contributed by atoms with Crippen LogP contribution in [0.5, 0.6) is 5.75 Å². The second kappa shape index (κ2) is 5.92. The van der Waals surface area contributed by atoms with Crippen LogP contribution in [0.1, 0.15) is 22.3 Å². The normalized spacial score (nSPS) is 10.6. The minimum absolute atomic E-state index is 0.0807. The molecule has 1 aromatic rings. The Morgan fingerprint density at radius 2 is 2.31 bits per heavy atom. The molecule has 1 rings (SSSR count). The summed E-state index contributed by atoms with van der Waals surface area (Å²) >= 11 is 0. The van der Waals surface area contributed by atoms with Crippen LogP contribution >= 0.6 is 0 Å². The molecule has 4 nitrogen and oxygen atoms in total. The Balaban J connectivity index is 2.93. The summed E-state index contributed by atoms with van der Waals surface area (Å²) in [5.41, 5.74) is 6.34. The standard InChI is InChI=1S/C12H15NO3/c1-16-12(15)10-8-9(4-2-3-7-13)5-6-11(10)14/h2,4-6,8,14H,3,7,13H2,1H3. The molecule has 16 heavy (non-hydrogen) atoms. The number of phenolic OH excluding ortho intramolecular Hbond substituents is 1. The van der Waals surface area contributed by atoms with Crippen LogP contribution in [0.25, 0.3) is 6.08 Å². The van der Waals surface area contributed by atoms with Gasteiger partial charge in [0.05, 0.1) is 7.11 Å². The molecule has 0 fully saturated rings. The number of ether oxygens (including phenoxy) is 1. The molecule has 0 spiro atoms. The van der Waals surface area contributed by atoms with Crippen molar-refractivity contribution in [1.82, 2.24) is 0 Å². The lowest BCUT2D eigenvalue weighted by molar-refractivity contribution is 0.0597. The molecule has 0 bridgehead atoms. The highest BCUT2D eigenvalue weighted by molar-refractivity contribution is 5.93. The molecule has 0 heterocycles. The van der Waals surface area contributed by atoms with E-state index in [9.17, 15) is 9.90 Å². The fourth-order valence-electron chi connectivity index (χ4n) is 1.25. The second-order valence-electron chi connectivity index (χ2n) is 3.25. The maximum absolute atomic E-state index is 11.3. The van der Waals surface area contributed by atoms with Gasteiger partial charge in [-0.1, -0.05) is 18.2 Å². The molecule has 0 unspecified atom stereocenters. The Hall–Kier alpha value is -1.81. The lowest BCUT2D eigenvalue weighted by atomic mass is 10.1. The predicted octanol–water partition coefficient (Wildman–Crippen LogP) is 1.54. The summed E-state index contributed by atoms with van der Waals surface area (Å²) in [6.45, 7) is 0.582. The van der Waals surface area contributed by atoms with Crippen molar-refractivity contribution in [2.75, 3.05) is 13.7 Å². The van der Waals surface area contributed by atoms with Crippen LogP contribution in [-0.4, -0.2) is 24.7 Å². The van der Waals surface area contributed by atoms with E-state index in [2.05, 4.69) is 4.74 Å². The maximum Gasteiger partial charge on any atom is 0.341 e. The van der Waals surface area contributed by atoms with Gasteiger partial charge in [0.15, 0.2) is 0 Å². The van der Waals surface area contributed by atoms with E-state index in [-0.39, 0.29) is 11.3 Å². The SMILES string of the molecule is COC(=O)c1cc(C=CCCN)ccc1O. The van der Waals surface area contributed by atoms with Crippen LogP contribution < -0.4 is 5.73 Å². The minimum Gasteiger partial charge on any atom is -0.507 e. The maximum atomic E-state index is 11.3. The lowest BCUT2D eigenvalue weighted by Crippen LogP contribution is -2.01. The van der Waals surface area contributed by atoms with Gasteiger partial charge in [-0.25, -0.2) is 4.79 Å². The minimum atomic E-state index is -0.549. The van der Waals surface area contributed by atoms with E-state index in [1.54, 1.807) is 12.1 Å². The zero-order valence-electron chi connectivity index (χ0n) is 9.14. The van der Waals surface area contributed by atoms with Crippen LogP contribution in [0.3, 0.4) is 0 Å². The van der Waals surface area contributed by atoms with Gasteiger partial charge in [0, 0.05) is 0 Å². The third kappa shape index (κ3) is 3.10. The van der Waals surface area contributed by atoms with Crippen LogP contribution in [0, 0.1) is 0 Å². The molecule has 0 aliphatic rings. The number of hydrogen-bond acceptors (Lipinski definition) is 4. The first kappa shape index (κ1) is 12.3. The highest BCUT2D eigenvalue weighted by atomic mass is 16.5. The van der Waals surface area contributed by atoms with Crippen molar-refractivity contribution in [3.05, 3.63) is 35.4 Å². The molecule has 0 aliphatic heterocycles. The Morgan fingerprint density at radius 3 is 2.94 bits per heavy atom. The van der Waals surface area contributed by atoms with Crippen molar-refractivity contribution in [2.24, 2.45) is 5.73 Å². The molecule has 1 aromatic carbocycles.